The average Bonchev–Trinajstić information content (AvgIpc) is 2.18. The van der Waals surface area contributed by atoms with E-state index in [4.69, 9.17) is 22.7 Å². The molecule has 0 saturated heterocycles. The molecule has 0 rings (SSSR count). The highest BCUT2D eigenvalue weighted by Gasteiger charge is 2.21. The molecule has 0 aromatic rings. The first kappa shape index (κ1) is 11.6. The van der Waals surface area contributed by atoms with E-state index in [9.17, 15) is 4.79 Å². The van der Waals surface area contributed by atoms with Gasteiger partial charge in [0.05, 0.1) is 0 Å². The van der Waals surface area contributed by atoms with Crippen LogP contribution in [0, 0.1) is 11.1 Å². The number of hydrogen-bond donors (Lipinski definition) is 4. The van der Waals surface area contributed by atoms with E-state index in [2.05, 4.69) is 20.4 Å². The van der Waals surface area contributed by atoms with Crippen molar-refractivity contribution in [3.05, 3.63) is 0 Å². The molecule has 10 heteroatoms. The van der Waals surface area contributed by atoms with Gasteiger partial charge in [-0.25, -0.2) is 16.0 Å². The Morgan fingerprint density at radius 2 is 1.50 bits per heavy atom. The van der Waals surface area contributed by atoms with Crippen molar-refractivity contribution in [2.24, 2.45) is 32.1 Å². The van der Waals surface area contributed by atoms with Crippen LogP contribution >= 0.6 is 0 Å². The monoisotopic (exact) mass is 199 g/mol. The molecular weight excluding hydrogens is 190 g/mol. The predicted molar refractivity (Wildman–Crippen MR) is 46.1 cm³/mol. The molecule has 0 atom stereocenters. The minimum absolute atomic E-state index is 0.460. The predicted octanol–water partition coefficient (Wildman–Crippen LogP) is -0.644. The number of carbonyl (C=O) groups excluding carboxylic acids is 1. The number of hydrazone groups is 2. The Morgan fingerprint density at radius 3 is 1.64 bits per heavy atom. The molecule has 0 saturated carbocycles. The lowest BCUT2D eigenvalue weighted by Gasteiger charge is -2.14. The fraction of sp³-hybridized carbons (Fsp3) is 0.250. The van der Waals surface area contributed by atoms with Gasteiger partial charge in [0.15, 0.2) is 0 Å². The van der Waals surface area contributed by atoms with Crippen molar-refractivity contribution in [1.82, 2.24) is 4.90 Å². The summed E-state index contributed by atoms with van der Waals surface area (Å²) in [6.45, 7) is 1.13. The number of nitrogens with one attached hydrogen (secondary N) is 2. The summed E-state index contributed by atoms with van der Waals surface area (Å²) in [4.78, 5) is 11.7. The summed E-state index contributed by atoms with van der Waals surface area (Å²) >= 11 is 0. The van der Waals surface area contributed by atoms with Gasteiger partial charge in [-0.3, -0.25) is 4.79 Å². The Bertz CT molecular complexity index is 280. The van der Waals surface area contributed by atoms with Gasteiger partial charge >= 0.3 is 0 Å². The van der Waals surface area contributed by atoms with Crippen LogP contribution in [0.5, 0.6) is 0 Å². The summed E-state index contributed by atoms with van der Waals surface area (Å²) < 4.78 is 0. The summed E-state index contributed by atoms with van der Waals surface area (Å²) in [6.07, 6.45) is 0. The van der Waals surface area contributed by atoms with Crippen molar-refractivity contribution < 1.29 is 4.79 Å². The van der Waals surface area contributed by atoms with E-state index in [1.165, 1.54) is 0 Å². The molecule has 14 heavy (non-hydrogen) atoms. The zero-order chi connectivity index (χ0) is 11.1. The van der Waals surface area contributed by atoms with E-state index in [-0.39, 0.29) is 0 Å². The molecule has 0 unspecified atom stereocenters. The van der Waals surface area contributed by atoms with Crippen LogP contribution in [-0.2, 0) is 4.79 Å². The van der Waals surface area contributed by atoms with Crippen LogP contribution in [0.2, 0.25) is 0 Å². The molecule has 0 aromatic heterocycles. The highest BCUT2D eigenvalue weighted by Crippen LogP contribution is 1.98. The number of guanidine groups is 2. The maximum Gasteiger partial charge on any atom is 0.274 e. The van der Waals surface area contributed by atoms with E-state index < -0.39 is 17.8 Å². The van der Waals surface area contributed by atoms with Crippen LogP contribution in [-0.4, -0.2) is 22.7 Å². The lowest BCUT2D eigenvalue weighted by atomic mass is 10.6. The van der Waals surface area contributed by atoms with Crippen LogP contribution in [0.4, 0.5) is 0 Å². The zero-order valence-corrected chi connectivity index (χ0v) is 7.30. The molecule has 0 aliphatic rings. The standard InChI is InChI=1S/C4H9N9O/c1-2(14)13(3(9-5)10-6)4(11-7)12-8/h5,7H,6,8H2,1H3. The molecule has 10 nitrogen and oxygen atoms in total. The first-order valence-corrected chi connectivity index (χ1v) is 3.23. The highest BCUT2D eigenvalue weighted by molar-refractivity contribution is 6.12. The Kier molecular flexibility index (Phi) is 4.39. The average molecular weight is 199 g/mol. The number of carbonyl (C=O) groups is 1. The number of nitrogens with zero attached hydrogens (tertiary/aromatic N) is 5. The number of amides is 1. The fourth-order valence-corrected chi connectivity index (χ4v) is 0.644. The molecule has 0 bridgehead atoms. The van der Waals surface area contributed by atoms with Crippen LogP contribution in [0.15, 0.2) is 20.4 Å². The van der Waals surface area contributed by atoms with Gasteiger partial charge in [-0.15, -0.1) is 20.4 Å². The Morgan fingerprint density at radius 1 is 1.14 bits per heavy atom. The van der Waals surface area contributed by atoms with Gasteiger partial charge in [-0.1, -0.05) is 0 Å². The molecule has 0 fully saturated rings. The molecule has 76 valence electrons. The van der Waals surface area contributed by atoms with Crippen molar-refractivity contribution >= 4 is 17.8 Å². The van der Waals surface area contributed by atoms with E-state index >= 15 is 0 Å². The maximum atomic E-state index is 11.0. The SMILES string of the molecule is CC(=O)N(C(N=N)=NN)C(N=N)=NN. The molecule has 0 aliphatic heterocycles. The third-order valence-corrected chi connectivity index (χ3v) is 1.15. The molecular formula is C4H9N9O. The van der Waals surface area contributed by atoms with Crippen molar-refractivity contribution in [1.29, 1.82) is 11.1 Å². The molecule has 0 radical (unpaired) electrons. The highest BCUT2D eigenvalue weighted by atomic mass is 16.2. The minimum atomic E-state index is -0.620. The normalized spacial score (nSPS) is 12.1. The maximum absolute atomic E-state index is 11.0. The van der Waals surface area contributed by atoms with Crippen LogP contribution in [0.1, 0.15) is 6.92 Å². The van der Waals surface area contributed by atoms with Gasteiger partial charge in [-0.05, 0) is 0 Å². The van der Waals surface area contributed by atoms with Crippen LogP contribution in [0.3, 0.4) is 0 Å². The lowest BCUT2D eigenvalue weighted by molar-refractivity contribution is -0.122. The largest absolute Gasteiger partial charge is 0.320 e. The molecule has 1 amide bonds. The van der Waals surface area contributed by atoms with Crippen molar-refractivity contribution in [2.75, 3.05) is 0 Å². The molecule has 0 spiro atoms. The quantitative estimate of drug-likeness (QED) is 0.134. The number of rotatable bonds is 0. The summed E-state index contributed by atoms with van der Waals surface area (Å²) in [7, 11) is 0. The Labute approximate surface area is 78.6 Å². The fourth-order valence-electron chi connectivity index (χ4n) is 0.644. The van der Waals surface area contributed by atoms with Gasteiger partial charge in [-0.2, -0.15) is 0 Å². The van der Waals surface area contributed by atoms with Gasteiger partial charge in [0.25, 0.3) is 11.9 Å². The number of nitrogens with two attached hydrogens (primary N) is 2. The summed E-state index contributed by atoms with van der Waals surface area (Å²) in [5.74, 6) is 8.16. The van der Waals surface area contributed by atoms with Gasteiger partial charge in [0.1, 0.15) is 0 Å². The van der Waals surface area contributed by atoms with Crippen LogP contribution in [0.25, 0.3) is 0 Å². The summed E-state index contributed by atoms with van der Waals surface area (Å²) in [5, 5.41) is 11.8. The van der Waals surface area contributed by atoms with Crippen molar-refractivity contribution in [2.45, 2.75) is 6.92 Å². The van der Waals surface area contributed by atoms with E-state index in [0.29, 0.717) is 4.90 Å². The Balaban J connectivity index is 5.24. The molecule has 0 heterocycles. The third-order valence-electron chi connectivity index (χ3n) is 1.15. The topological polar surface area (TPSA) is 169 Å². The zero-order valence-electron chi connectivity index (χ0n) is 7.30. The number of hydrogen-bond acceptors (Lipinski definition) is 7. The summed E-state index contributed by atoms with van der Waals surface area (Å²) in [5.41, 5.74) is 13.3. The van der Waals surface area contributed by atoms with Gasteiger partial charge < -0.3 is 11.7 Å². The third kappa shape index (κ3) is 2.30. The molecule has 0 aromatic carbocycles. The molecule has 6 N–H and O–H groups in total. The van der Waals surface area contributed by atoms with Crippen molar-refractivity contribution in [3.8, 4) is 0 Å². The smallest absolute Gasteiger partial charge is 0.274 e. The second-order valence-electron chi connectivity index (χ2n) is 1.94. The minimum Gasteiger partial charge on any atom is -0.320 e. The van der Waals surface area contributed by atoms with Crippen molar-refractivity contribution in [3.63, 3.8) is 0 Å². The van der Waals surface area contributed by atoms with Gasteiger partial charge in [0, 0.05) is 6.92 Å². The summed E-state index contributed by atoms with van der Waals surface area (Å²) in [6, 6.07) is 0. The van der Waals surface area contributed by atoms with E-state index in [1.807, 2.05) is 0 Å². The second-order valence-corrected chi connectivity index (χ2v) is 1.94. The first-order valence-electron chi connectivity index (χ1n) is 3.23. The van der Waals surface area contributed by atoms with Crippen LogP contribution < -0.4 is 11.7 Å². The van der Waals surface area contributed by atoms with Gasteiger partial charge in [0.2, 0.25) is 5.91 Å². The second kappa shape index (κ2) is 5.29. The van der Waals surface area contributed by atoms with E-state index in [0.717, 1.165) is 6.92 Å². The van der Waals surface area contributed by atoms with E-state index in [1.54, 1.807) is 0 Å². The first-order chi connectivity index (χ1) is 6.62. The lowest BCUT2D eigenvalue weighted by Crippen LogP contribution is -2.39. The molecule has 0 aliphatic carbocycles. The Hall–Kier alpha value is -2.39.